The molecule has 0 aliphatic carbocycles. The maximum absolute atomic E-state index is 10.9. The standard InChI is InChI=1S/C37H44O2/c1-26(2)32-22-28(24-34(36(32)38)30-18-12-8-13-19-30)16-10-6-5-7-11-17-29-23-33(27(3)4)37(39)35(25-29)31-20-14-9-15-21-31/h8-9,12-15,18-27,38-39H,5-7,10-11,16-17H2,1-4H3. The van der Waals surface area contributed by atoms with Crippen LogP contribution in [0, 0.1) is 0 Å². The summed E-state index contributed by atoms with van der Waals surface area (Å²) < 4.78 is 0. The lowest BCUT2D eigenvalue weighted by Crippen LogP contribution is -1.96. The molecule has 0 saturated carbocycles. The van der Waals surface area contributed by atoms with Crippen LogP contribution in [0.3, 0.4) is 0 Å². The topological polar surface area (TPSA) is 40.5 Å². The molecule has 2 heteroatoms. The lowest BCUT2D eigenvalue weighted by atomic mass is 9.91. The molecule has 0 heterocycles. The van der Waals surface area contributed by atoms with Gasteiger partial charge in [-0.25, -0.2) is 0 Å². The Kier molecular flexibility index (Phi) is 9.87. The van der Waals surface area contributed by atoms with Crippen molar-refractivity contribution in [3.8, 4) is 33.8 Å². The molecule has 0 aromatic heterocycles. The van der Waals surface area contributed by atoms with Crippen molar-refractivity contribution in [2.75, 3.05) is 0 Å². The van der Waals surface area contributed by atoms with Gasteiger partial charge in [0.05, 0.1) is 0 Å². The number of phenols is 2. The molecule has 0 amide bonds. The highest BCUT2D eigenvalue weighted by atomic mass is 16.3. The SMILES string of the molecule is CC(C)c1cc(CCCCCCCc2cc(-c3ccccc3)c(O)c(C(C)C)c2)cc(-c2ccccc2)c1O. The Morgan fingerprint density at radius 1 is 0.487 bits per heavy atom. The Bertz CT molecular complexity index is 1230. The van der Waals surface area contributed by atoms with E-state index in [0.717, 1.165) is 59.1 Å². The fourth-order valence-corrected chi connectivity index (χ4v) is 5.47. The van der Waals surface area contributed by atoms with Crippen molar-refractivity contribution in [3.63, 3.8) is 0 Å². The molecule has 0 atom stereocenters. The van der Waals surface area contributed by atoms with Gasteiger partial charge in [0, 0.05) is 11.1 Å². The van der Waals surface area contributed by atoms with Gasteiger partial charge < -0.3 is 10.2 Å². The van der Waals surface area contributed by atoms with Crippen LogP contribution < -0.4 is 0 Å². The zero-order chi connectivity index (χ0) is 27.8. The first-order valence-electron chi connectivity index (χ1n) is 14.7. The fourth-order valence-electron chi connectivity index (χ4n) is 5.47. The van der Waals surface area contributed by atoms with Gasteiger partial charge in [-0.15, -0.1) is 0 Å². The molecule has 0 unspecified atom stereocenters. The van der Waals surface area contributed by atoms with Crippen molar-refractivity contribution in [1.82, 2.24) is 0 Å². The monoisotopic (exact) mass is 520 g/mol. The van der Waals surface area contributed by atoms with Gasteiger partial charge in [0.15, 0.2) is 0 Å². The molecule has 204 valence electrons. The molecule has 2 N–H and O–H groups in total. The summed E-state index contributed by atoms with van der Waals surface area (Å²) >= 11 is 0. The second-order valence-corrected chi connectivity index (χ2v) is 11.5. The third-order valence-corrected chi connectivity index (χ3v) is 7.74. The van der Waals surface area contributed by atoms with E-state index in [2.05, 4.69) is 76.2 Å². The zero-order valence-electron chi connectivity index (χ0n) is 24.1. The highest BCUT2D eigenvalue weighted by molar-refractivity contribution is 5.74. The maximum atomic E-state index is 10.9. The van der Waals surface area contributed by atoms with E-state index < -0.39 is 0 Å². The van der Waals surface area contributed by atoms with E-state index in [0.29, 0.717) is 11.5 Å². The van der Waals surface area contributed by atoms with Crippen molar-refractivity contribution in [2.24, 2.45) is 0 Å². The predicted molar refractivity (Wildman–Crippen MR) is 166 cm³/mol. The van der Waals surface area contributed by atoms with Crippen LogP contribution in [0.5, 0.6) is 11.5 Å². The fraction of sp³-hybridized carbons (Fsp3) is 0.351. The van der Waals surface area contributed by atoms with Gasteiger partial charge in [-0.05, 0) is 83.0 Å². The molecular formula is C37H44O2. The molecule has 4 aromatic carbocycles. The van der Waals surface area contributed by atoms with E-state index in [-0.39, 0.29) is 11.8 Å². The Labute approximate surface area is 235 Å². The number of hydrogen-bond donors (Lipinski definition) is 2. The summed E-state index contributed by atoms with van der Waals surface area (Å²) in [7, 11) is 0. The van der Waals surface area contributed by atoms with Crippen LogP contribution in [0.2, 0.25) is 0 Å². The van der Waals surface area contributed by atoms with Crippen molar-refractivity contribution >= 4 is 0 Å². The number of aromatic hydroxyl groups is 2. The number of benzene rings is 4. The van der Waals surface area contributed by atoms with Gasteiger partial charge >= 0.3 is 0 Å². The number of rotatable bonds is 12. The molecule has 0 spiro atoms. The van der Waals surface area contributed by atoms with E-state index in [4.69, 9.17) is 0 Å². The van der Waals surface area contributed by atoms with Gasteiger partial charge in [0.2, 0.25) is 0 Å². The van der Waals surface area contributed by atoms with Gasteiger partial charge in [-0.2, -0.15) is 0 Å². The first-order chi connectivity index (χ1) is 18.8. The predicted octanol–water partition coefficient (Wildman–Crippen LogP) is 10.4. The number of phenolic OH excluding ortho intramolecular Hbond substituents is 2. The molecule has 0 aliphatic heterocycles. The molecule has 0 fully saturated rings. The van der Waals surface area contributed by atoms with Crippen LogP contribution in [0.4, 0.5) is 0 Å². The average Bonchev–Trinajstić information content (AvgIpc) is 2.94. The van der Waals surface area contributed by atoms with Crippen LogP contribution in [0.25, 0.3) is 22.3 Å². The summed E-state index contributed by atoms with van der Waals surface area (Å²) in [6.07, 6.45) is 8.03. The number of unbranched alkanes of at least 4 members (excludes halogenated alkanes) is 4. The zero-order valence-corrected chi connectivity index (χ0v) is 24.1. The lowest BCUT2D eigenvalue weighted by molar-refractivity contribution is 0.466. The lowest BCUT2D eigenvalue weighted by Gasteiger charge is -2.16. The summed E-state index contributed by atoms with van der Waals surface area (Å²) in [6.45, 7) is 8.59. The Hall–Kier alpha value is -3.52. The van der Waals surface area contributed by atoms with Gasteiger partial charge in [0.25, 0.3) is 0 Å². The average molecular weight is 521 g/mol. The van der Waals surface area contributed by atoms with Crippen molar-refractivity contribution in [1.29, 1.82) is 0 Å². The normalized spacial score (nSPS) is 11.4. The summed E-state index contributed by atoms with van der Waals surface area (Å²) in [4.78, 5) is 0. The van der Waals surface area contributed by atoms with Crippen molar-refractivity contribution in [2.45, 2.75) is 84.5 Å². The maximum Gasteiger partial charge on any atom is 0.126 e. The second-order valence-electron chi connectivity index (χ2n) is 11.5. The van der Waals surface area contributed by atoms with E-state index in [1.165, 1.54) is 30.4 Å². The number of hydrogen-bond acceptors (Lipinski definition) is 2. The summed E-state index contributed by atoms with van der Waals surface area (Å²) in [5.74, 6) is 1.41. The molecule has 39 heavy (non-hydrogen) atoms. The minimum atomic E-state index is 0.283. The Morgan fingerprint density at radius 2 is 0.846 bits per heavy atom. The summed E-state index contributed by atoms with van der Waals surface area (Å²) in [5, 5.41) is 21.9. The molecule has 4 aromatic rings. The van der Waals surface area contributed by atoms with Crippen molar-refractivity contribution < 1.29 is 10.2 Å². The molecule has 4 rings (SSSR count). The number of aryl methyl sites for hydroxylation is 2. The Morgan fingerprint density at radius 3 is 1.21 bits per heavy atom. The third-order valence-electron chi connectivity index (χ3n) is 7.74. The van der Waals surface area contributed by atoms with Crippen LogP contribution in [-0.4, -0.2) is 10.2 Å². The summed E-state index contributed by atoms with van der Waals surface area (Å²) in [6, 6.07) is 29.2. The largest absolute Gasteiger partial charge is 0.507 e. The van der Waals surface area contributed by atoms with Gasteiger partial charge in [0.1, 0.15) is 11.5 Å². The van der Waals surface area contributed by atoms with E-state index in [1.54, 1.807) is 0 Å². The van der Waals surface area contributed by atoms with E-state index in [1.807, 2.05) is 36.4 Å². The van der Waals surface area contributed by atoms with Gasteiger partial charge in [-0.3, -0.25) is 0 Å². The van der Waals surface area contributed by atoms with Crippen LogP contribution >= 0.6 is 0 Å². The first kappa shape index (κ1) is 28.5. The smallest absolute Gasteiger partial charge is 0.126 e. The highest BCUT2D eigenvalue weighted by Crippen LogP contribution is 2.39. The molecule has 0 saturated heterocycles. The molecule has 0 radical (unpaired) electrons. The first-order valence-corrected chi connectivity index (χ1v) is 14.7. The Balaban J connectivity index is 1.32. The minimum absolute atomic E-state index is 0.283. The molecule has 0 bridgehead atoms. The molecule has 2 nitrogen and oxygen atoms in total. The third kappa shape index (κ3) is 7.32. The summed E-state index contributed by atoms with van der Waals surface area (Å²) in [5.41, 5.74) is 8.74. The van der Waals surface area contributed by atoms with E-state index in [9.17, 15) is 10.2 Å². The molecule has 0 aliphatic rings. The van der Waals surface area contributed by atoms with E-state index >= 15 is 0 Å². The quantitative estimate of drug-likeness (QED) is 0.182. The van der Waals surface area contributed by atoms with Crippen LogP contribution in [-0.2, 0) is 12.8 Å². The van der Waals surface area contributed by atoms with Crippen molar-refractivity contribution in [3.05, 3.63) is 107 Å². The van der Waals surface area contributed by atoms with Crippen LogP contribution in [0.1, 0.15) is 93.9 Å². The highest BCUT2D eigenvalue weighted by Gasteiger charge is 2.15. The van der Waals surface area contributed by atoms with Gasteiger partial charge in [-0.1, -0.05) is 120 Å². The minimum Gasteiger partial charge on any atom is -0.507 e. The molecular weight excluding hydrogens is 476 g/mol. The second kappa shape index (κ2) is 13.5. The van der Waals surface area contributed by atoms with Crippen LogP contribution in [0.15, 0.2) is 84.9 Å².